The number of nitrogens with zero attached hydrogens (tertiary/aromatic N) is 2. The number of rotatable bonds is 7. The minimum Gasteiger partial charge on any atom is -0.481 e. The number of carbonyl (C=O) groups is 1. The molecule has 26 heavy (non-hydrogen) atoms. The fourth-order valence-electron chi connectivity index (χ4n) is 2.60. The molecule has 6 nitrogen and oxygen atoms in total. The maximum Gasteiger partial charge on any atom is 0.305 e. The Hall–Kier alpha value is -2.64. The van der Waals surface area contributed by atoms with E-state index >= 15 is 0 Å². The van der Waals surface area contributed by atoms with Crippen LogP contribution in [0.4, 0.5) is 4.39 Å². The van der Waals surface area contributed by atoms with E-state index in [2.05, 4.69) is 9.97 Å². The van der Waals surface area contributed by atoms with Crippen molar-refractivity contribution in [3.05, 3.63) is 53.2 Å². The summed E-state index contributed by atoms with van der Waals surface area (Å²) in [6.07, 6.45) is 0.397. The molecule has 0 saturated heterocycles. The summed E-state index contributed by atoms with van der Waals surface area (Å²) in [6.45, 7) is 3.55. The first-order valence-electron chi connectivity index (χ1n) is 8.13. The summed E-state index contributed by atoms with van der Waals surface area (Å²) >= 11 is 0. The summed E-state index contributed by atoms with van der Waals surface area (Å²) in [7, 11) is 0. The summed E-state index contributed by atoms with van der Waals surface area (Å²) in [6, 6.07) is 5.90. The Morgan fingerprint density at radius 2 is 1.85 bits per heavy atom. The lowest BCUT2D eigenvalue weighted by Crippen LogP contribution is -2.19. The molecule has 0 aliphatic rings. The van der Waals surface area contributed by atoms with Crippen LogP contribution in [-0.2, 0) is 4.79 Å². The van der Waals surface area contributed by atoms with E-state index in [1.807, 2.05) is 0 Å². The van der Waals surface area contributed by atoms with Gasteiger partial charge in [-0.25, -0.2) is 14.4 Å². The van der Waals surface area contributed by atoms with Gasteiger partial charge >= 0.3 is 5.97 Å². The first-order chi connectivity index (χ1) is 12.3. The van der Waals surface area contributed by atoms with Gasteiger partial charge in [0.1, 0.15) is 11.6 Å². The molecule has 0 saturated carbocycles. The van der Waals surface area contributed by atoms with Crippen molar-refractivity contribution in [2.45, 2.75) is 38.9 Å². The molecule has 0 unspecified atom stereocenters. The van der Waals surface area contributed by atoms with Crippen LogP contribution in [0.15, 0.2) is 30.3 Å². The van der Waals surface area contributed by atoms with Crippen LogP contribution in [0, 0.1) is 19.7 Å². The Balaban J connectivity index is 2.28. The van der Waals surface area contributed by atoms with Crippen LogP contribution in [0.5, 0.6) is 0 Å². The largest absolute Gasteiger partial charge is 0.481 e. The maximum atomic E-state index is 13.2. The molecule has 1 aromatic carbocycles. The van der Waals surface area contributed by atoms with E-state index in [1.54, 1.807) is 32.1 Å². The van der Waals surface area contributed by atoms with Crippen LogP contribution in [0.3, 0.4) is 0 Å². The van der Waals surface area contributed by atoms with Crippen LogP contribution < -0.4 is 0 Å². The highest BCUT2D eigenvalue weighted by atomic mass is 19.1. The second kappa shape index (κ2) is 8.64. The van der Waals surface area contributed by atoms with E-state index < -0.39 is 24.6 Å². The second-order valence-corrected chi connectivity index (χ2v) is 6.04. The number of hydrogen-bond donors (Lipinski definition) is 3. The topological polar surface area (TPSA) is 104 Å². The molecule has 0 fully saturated rings. The van der Waals surface area contributed by atoms with Crippen molar-refractivity contribution in [3.63, 3.8) is 0 Å². The van der Waals surface area contributed by atoms with E-state index in [9.17, 15) is 19.4 Å². The maximum absolute atomic E-state index is 13.2. The van der Waals surface area contributed by atoms with Gasteiger partial charge in [0, 0.05) is 23.2 Å². The monoisotopic (exact) mass is 360 g/mol. The quantitative estimate of drug-likeness (QED) is 0.701. The van der Waals surface area contributed by atoms with Crippen LogP contribution in [0.2, 0.25) is 0 Å². The number of aryl methyl sites for hydroxylation is 2. The van der Waals surface area contributed by atoms with Gasteiger partial charge in [-0.1, -0.05) is 12.2 Å². The third kappa shape index (κ3) is 5.44. The molecule has 7 heteroatoms. The number of benzene rings is 1. The van der Waals surface area contributed by atoms with E-state index in [-0.39, 0.29) is 12.2 Å². The van der Waals surface area contributed by atoms with Gasteiger partial charge in [-0.3, -0.25) is 4.79 Å². The number of carboxylic acid groups (broad SMARTS) is 1. The Kier molecular flexibility index (Phi) is 6.54. The summed E-state index contributed by atoms with van der Waals surface area (Å²) < 4.78 is 13.2. The van der Waals surface area contributed by atoms with Gasteiger partial charge in [0.05, 0.1) is 24.3 Å². The molecule has 2 rings (SSSR count). The van der Waals surface area contributed by atoms with Crippen LogP contribution >= 0.6 is 0 Å². The third-order valence-electron chi connectivity index (χ3n) is 3.77. The highest BCUT2D eigenvalue weighted by Crippen LogP contribution is 2.25. The Bertz CT molecular complexity index is 806. The van der Waals surface area contributed by atoms with Crippen molar-refractivity contribution >= 4 is 12.0 Å². The molecule has 2 atom stereocenters. The average molecular weight is 360 g/mol. The predicted octanol–water partition coefficient (Wildman–Crippen LogP) is 2.50. The first kappa shape index (κ1) is 19.7. The van der Waals surface area contributed by atoms with Gasteiger partial charge in [-0.05, 0) is 38.1 Å². The molecule has 0 aliphatic heterocycles. The van der Waals surface area contributed by atoms with E-state index in [0.717, 1.165) is 0 Å². The van der Waals surface area contributed by atoms with Crippen molar-refractivity contribution in [2.75, 3.05) is 0 Å². The Morgan fingerprint density at radius 3 is 2.46 bits per heavy atom. The van der Waals surface area contributed by atoms with Crippen molar-refractivity contribution < 1.29 is 24.5 Å². The molecular formula is C19H21FN2O4. The number of halogens is 1. The minimum absolute atomic E-state index is 0.0968. The molecule has 0 spiro atoms. The highest BCUT2D eigenvalue weighted by molar-refractivity contribution is 5.73. The van der Waals surface area contributed by atoms with E-state index in [4.69, 9.17) is 5.11 Å². The first-order valence-corrected chi connectivity index (χ1v) is 8.13. The fraction of sp³-hybridized carbons (Fsp3) is 0.316. The number of carboxylic acids is 1. The van der Waals surface area contributed by atoms with E-state index in [1.165, 1.54) is 18.2 Å². The summed E-state index contributed by atoms with van der Waals surface area (Å²) in [5, 5.41) is 28.3. The van der Waals surface area contributed by atoms with Crippen molar-refractivity contribution in [3.8, 4) is 11.3 Å². The van der Waals surface area contributed by atoms with Crippen molar-refractivity contribution in [1.29, 1.82) is 0 Å². The van der Waals surface area contributed by atoms with Gasteiger partial charge in [0.2, 0.25) is 0 Å². The van der Waals surface area contributed by atoms with Crippen molar-refractivity contribution in [1.82, 2.24) is 9.97 Å². The zero-order valence-corrected chi connectivity index (χ0v) is 14.6. The summed E-state index contributed by atoms with van der Waals surface area (Å²) in [5.74, 6) is -0.914. The van der Waals surface area contributed by atoms with Gasteiger partial charge in [0.15, 0.2) is 0 Å². The smallest absolute Gasteiger partial charge is 0.305 e. The molecule has 2 aromatic rings. The summed E-state index contributed by atoms with van der Waals surface area (Å²) in [5.41, 5.74) is 2.66. The molecular weight excluding hydrogens is 339 g/mol. The lowest BCUT2D eigenvalue weighted by atomic mass is 10.0. The molecule has 138 valence electrons. The molecule has 1 aromatic heterocycles. The zero-order valence-electron chi connectivity index (χ0n) is 14.6. The number of hydrogen-bond acceptors (Lipinski definition) is 5. The molecule has 0 aliphatic carbocycles. The van der Waals surface area contributed by atoms with Gasteiger partial charge < -0.3 is 15.3 Å². The fourth-order valence-corrected chi connectivity index (χ4v) is 2.60. The lowest BCUT2D eigenvalue weighted by Gasteiger charge is -2.12. The highest BCUT2D eigenvalue weighted by Gasteiger charge is 2.14. The minimum atomic E-state index is -1.14. The summed E-state index contributed by atoms with van der Waals surface area (Å²) in [4.78, 5) is 19.3. The molecule has 1 heterocycles. The van der Waals surface area contributed by atoms with Gasteiger partial charge in [-0.15, -0.1) is 0 Å². The zero-order chi connectivity index (χ0) is 19.3. The van der Waals surface area contributed by atoms with Crippen LogP contribution in [0.1, 0.15) is 29.9 Å². The Labute approximate surface area is 150 Å². The standard InChI is InChI=1S/C19H21FN2O4/c1-11-17(8-7-15(23)9-16(24)10-18(25)26)19(22-12(2)21-11)13-3-5-14(20)6-4-13/h3-8,15-16,23-24H,9-10H2,1-2H3,(H,25,26)/b8-7+/t15-,16-/m1/s1. The average Bonchev–Trinajstić information content (AvgIpc) is 2.53. The normalized spacial score (nSPS) is 13.7. The number of aromatic nitrogens is 2. The van der Waals surface area contributed by atoms with Crippen LogP contribution in [0.25, 0.3) is 17.3 Å². The number of aliphatic carboxylic acids is 1. The SMILES string of the molecule is Cc1nc(C)c(/C=C/[C@@H](O)C[C@@H](O)CC(=O)O)c(-c2ccc(F)cc2)n1. The van der Waals surface area contributed by atoms with Gasteiger partial charge in [0.25, 0.3) is 0 Å². The van der Waals surface area contributed by atoms with Crippen molar-refractivity contribution in [2.24, 2.45) is 0 Å². The Morgan fingerprint density at radius 1 is 1.19 bits per heavy atom. The number of aliphatic hydroxyl groups is 2. The van der Waals surface area contributed by atoms with Crippen LogP contribution in [-0.4, -0.2) is 43.5 Å². The molecule has 0 amide bonds. The van der Waals surface area contributed by atoms with E-state index in [0.29, 0.717) is 28.3 Å². The molecule has 0 radical (unpaired) electrons. The van der Waals surface area contributed by atoms with Gasteiger partial charge in [-0.2, -0.15) is 0 Å². The molecule has 3 N–H and O–H groups in total. The predicted molar refractivity (Wildman–Crippen MR) is 94.8 cm³/mol. The third-order valence-corrected chi connectivity index (χ3v) is 3.77. The number of aliphatic hydroxyl groups excluding tert-OH is 2. The molecule has 0 bridgehead atoms. The second-order valence-electron chi connectivity index (χ2n) is 6.04. The lowest BCUT2D eigenvalue weighted by molar-refractivity contribution is -0.139.